The van der Waals surface area contributed by atoms with Crippen molar-refractivity contribution in [2.45, 2.75) is 0 Å². The van der Waals surface area contributed by atoms with Gasteiger partial charge in [-0.1, -0.05) is 6.07 Å². The van der Waals surface area contributed by atoms with Gasteiger partial charge in [-0.25, -0.2) is 8.78 Å². The molecule has 2 aromatic carbocycles. The maximum atomic E-state index is 13.0. The zero-order valence-corrected chi connectivity index (χ0v) is 9.46. The first kappa shape index (κ1) is 12.7. The summed E-state index contributed by atoms with van der Waals surface area (Å²) in [7, 11) is 0. The summed E-state index contributed by atoms with van der Waals surface area (Å²) in [6.45, 7) is 0. The van der Waals surface area contributed by atoms with Gasteiger partial charge in [-0.2, -0.15) is 5.11 Å². The van der Waals surface area contributed by atoms with E-state index in [0.29, 0.717) is 0 Å². The fraction of sp³-hybridized carbons (Fsp3) is 0. The molecule has 0 saturated heterocycles. The second-order valence-electron chi connectivity index (χ2n) is 3.57. The zero-order valence-electron chi connectivity index (χ0n) is 9.46. The normalized spacial score (nSPS) is 10.8. The molecule has 0 aromatic heterocycles. The van der Waals surface area contributed by atoms with E-state index in [-0.39, 0.29) is 17.1 Å². The van der Waals surface area contributed by atoms with Crippen molar-refractivity contribution < 1.29 is 13.7 Å². The lowest BCUT2D eigenvalue weighted by Crippen LogP contribution is -1.88. The Balaban J connectivity index is 2.37. The van der Waals surface area contributed by atoms with Crippen LogP contribution in [0.2, 0.25) is 0 Å². The van der Waals surface area contributed by atoms with E-state index in [4.69, 9.17) is 0 Å². The predicted molar refractivity (Wildman–Crippen MR) is 63.6 cm³/mol. The van der Waals surface area contributed by atoms with Crippen LogP contribution >= 0.6 is 0 Å². The average molecular weight is 263 g/mol. The van der Waals surface area contributed by atoms with Crippen molar-refractivity contribution in [3.63, 3.8) is 0 Å². The molecule has 0 fully saturated rings. The van der Waals surface area contributed by atoms with Gasteiger partial charge in [0.1, 0.15) is 11.6 Å². The summed E-state index contributed by atoms with van der Waals surface area (Å²) in [5.41, 5.74) is -0.422. The quantitative estimate of drug-likeness (QED) is 0.471. The third-order valence-corrected chi connectivity index (χ3v) is 2.22. The summed E-state index contributed by atoms with van der Waals surface area (Å²) in [4.78, 5) is 10.0. The van der Waals surface area contributed by atoms with E-state index in [2.05, 4.69) is 10.2 Å². The summed E-state index contributed by atoms with van der Waals surface area (Å²) < 4.78 is 25.9. The van der Waals surface area contributed by atoms with E-state index in [1.54, 1.807) is 0 Å². The monoisotopic (exact) mass is 263 g/mol. The Morgan fingerprint density at radius 1 is 1.00 bits per heavy atom. The maximum Gasteiger partial charge on any atom is 0.296 e. The molecule has 0 aliphatic heterocycles. The fourth-order valence-corrected chi connectivity index (χ4v) is 1.38. The molecular weight excluding hydrogens is 256 g/mol. The topological polar surface area (TPSA) is 67.9 Å². The molecule has 7 heteroatoms. The Morgan fingerprint density at radius 2 is 1.74 bits per heavy atom. The number of nitro groups is 1. The van der Waals surface area contributed by atoms with Gasteiger partial charge in [0.05, 0.1) is 10.6 Å². The number of hydrogen-bond acceptors (Lipinski definition) is 4. The third-order valence-electron chi connectivity index (χ3n) is 2.22. The van der Waals surface area contributed by atoms with Gasteiger partial charge in [-0.3, -0.25) is 10.1 Å². The minimum absolute atomic E-state index is 0.179. The van der Waals surface area contributed by atoms with Crippen molar-refractivity contribution >= 4 is 17.1 Å². The van der Waals surface area contributed by atoms with Crippen molar-refractivity contribution in [3.05, 3.63) is 64.2 Å². The van der Waals surface area contributed by atoms with Crippen LogP contribution in [0.3, 0.4) is 0 Å². The first-order chi connectivity index (χ1) is 9.06. The molecule has 0 radical (unpaired) electrons. The number of rotatable bonds is 3. The van der Waals surface area contributed by atoms with Gasteiger partial charge >= 0.3 is 0 Å². The number of halogens is 2. The largest absolute Gasteiger partial charge is 0.296 e. The van der Waals surface area contributed by atoms with Crippen LogP contribution in [0.5, 0.6) is 0 Å². The minimum atomic E-state index is -0.695. The summed E-state index contributed by atoms with van der Waals surface area (Å²) in [6, 6.07) is 8.06. The van der Waals surface area contributed by atoms with E-state index in [9.17, 15) is 18.9 Å². The van der Waals surface area contributed by atoms with E-state index < -0.39 is 16.6 Å². The van der Waals surface area contributed by atoms with Crippen LogP contribution in [0.1, 0.15) is 0 Å². The van der Waals surface area contributed by atoms with Crippen LogP contribution in [0.4, 0.5) is 25.8 Å². The van der Waals surface area contributed by atoms with Gasteiger partial charge in [0, 0.05) is 18.2 Å². The molecule has 0 atom stereocenters. The molecule has 0 unspecified atom stereocenters. The van der Waals surface area contributed by atoms with Crippen molar-refractivity contribution in [1.82, 2.24) is 0 Å². The molecule has 0 bridgehead atoms. The van der Waals surface area contributed by atoms with Crippen LogP contribution in [0, 0.1) is 21.7 Å². The molecular formula is C12H7F2N3O2. The van der Waals surface area contributed by atoms with E-state index in [0.717, 1.165) is 24.3 Å². The van der Waals surface area contributed by atoms with Crippen molar-refractivity contribution in [1.29, 1.82) is 0 Å². The highest BCUT2D eigenvalue weighted by atomic mass is 19.1. The van der Waals surface area contributed by atoms with E-state index in [1.165, 1.54) is 18.2 Å². The second-order valence-corrected chi connectivity index (χ2v) is 3.57. The highest BCUT2D eigenvalue weighted by Crippen LogP contribution is 2.29. The number of hydrogen-bond donors (Lipinski definition) is 0. The van der Waals surface area contributed by atoms with Gasteiger partial charge in [0.2, 0.25) is 0 Å². The minimum Gasteiger partial charge on any atom is -0.258 e. The van der Waals surface area contributed by atoms with Crippen LogP contribution < -0.4 is 0 Å². The zero-order chi connectivity index (χ0) is 13.8. The SMILES string of the molecule is O=[N+]([O-])c1ccc(F)cc1N=Nc1cccc(F)c1. The molecule has 0 aliphatic carbocycles. The molecule has 0 aliphatic rings. The van der Waals surface area contributed by atoms with Crippen molar-refractivity contribution in [3.8, 4) is 0 Å². The van der Waals surface area contributed by atoms with E-state index in [1.807, 2.05) is 0 Å². The van der Waals surface area contributed by atoms with Crippen molar-refractivity contribution in [2.75, 3.05) is 0 Å². The van der Waals surface area contributed by atoms with E-state index >= 15 is 0 Å². The molecule has 2 aromatic rings. The van der Waals surface area contributed by atoms with Crippen LogP contribution in [0.15, 0.2) is 52.7 Å². The average Bonchev–Trinajstić information content (AvgIpc) is 2.36. The predicted octanol–water partition coefficient (Wildman–Crippen LogP) is 4.29. The Morgan fingerprint density at radius 3 is 2.42 bits per heavy atom. The maximum absolute atomic E-state index is 13.0. The Kier molecular flexibility index (Phi) is 3.56. The Bertz CT molecular complexity index is 659. The number of nitro benzene ring substituents is 1. The third kappa shape index (κ3) is 3.15. The summed E-state index contributed by atoms with van der Waals surface area (Å²) in [6.07, 6.45) is 0. The standard InChI is InChI=1S/C12H7F2N3O2/c13-8-2-1-3-10(6-8)15-16-11-7-9(14)4-5-12(11)17(18)19/h1-7H. The summed E-state index contributed by atoms with van der Waals surface area (Å²) in [5.74, 6) is -1.18. The van der Waals surface area contributed by atoms with Gasteiger partial charge in [0.15, 0.2) is 5.69 Å². The first-order valence-electron chi connectivity index (χ1n) is 5.17. The molecule has 2 rings (SSSR count). The van der Waals surface area contributed by atoms with Gasteiger partial charge in [-0.05, 0) is 18.2 Å². The lowest BCUT2D eigenvalue weighted by atomic mass is 10.2. The fourth-order valence-electron chi connectivity index (χ4n) is 1.38. The van der Waals surface area contributed by atoms with Crippen LogP contribution in [-0.4, -0.2) is 4.92 Å². The number of azo groups is 1. The lowest BCUT2D eigenvalue weighted by Gasteiger charge is -1.97. The number of nitrogens with zero attached hydrogens (tertiary/aromatic N) is 3. The molecule has 0 N–H and O–H groups in total. The summed E-state index contributed by atoms with van der Waals surface area (Å²) >= 11 is 0. The Hall–Kier alpha value is -2.70. The number of benzene rings is 2. The molecule has 19 heavy (non-hydrogen) atoms. The molecule has 0 saturated carbocycles. The van der Waals surface area contributed by atoms with Gasteiger partial charge in [-0.15, -0.1) is 5.11 Å². The van der Waals surface area contributed by atoms with Gasteiger partial charge in [0.25, 0.3) is 5.69 Å². The lowest BCUT2D eigenvalue weighted by molar-refractivity contribution is -0.384. The van der Waals surface area contributed by atoms with Gasteiger partial charge < -0.3 is 0 Å². The molecule has 0 amide bonds. The molecule has 5 nitrogen and oxygen atoms in total. The smallest absolute Gasteiger partial charge is 0.258 e. The van der Waals surface area contributed by atoms with Crippen LogP contribution in [0.25, 0.3) is 0 Å². The summed E-state index contributed by atoms with van der Waals surface area (Å²) in [5, 5.41) is 17.9. The van der Waals surface area contributed by atoms with Crippen LogP contribution in [-0.2, 0) is 0 Å². The first-order valence-corrected chi connectivity index (χ1v) is 5.17. The molecule has 0 spiro atoms. The highest BCUT2D eigenvalue weighted by molar-refractivity contribution is 5.57. The second kappa shape index (κ2) is 5.30. The van der Waals surface area contributed by atoms with Crippen molar-refractivity contribution in [2.24, 2.45) is 10.2 Å². The highest BCUT2D eigenvalue weighted by Gasteiger charge is 2.14. The molecule has 96 valence electrons. The molecule has 0 heterocycles. The Labute approximate surface area is 106 Å².